The van der Waals surface area contributed by atoms with Crippen LogP contribution < -0.4 is 5.73 Å². The Kier molecular flexibility index (Phi) is 3.06. The minimum atomic E-state index is 0.0995. The third-order valence-electron chi connectivity index (χ3n) is 4.56. The summed E-state index contributed by atoms with van der Waals surface area (Å²) in [5.74, 6) is 1.81. The molecule has 2 aliphatic rings. The summed E-state index contributed by atoms with van der Waals surface area (Å²) in [4.78, 5) is 2.46. The molecule has 0 aromatic carbocycles. The van der Waals surface area contributed by atoms with Crippen molar-refractivity contribution >= 4 is 0 Å². The van der Waals surface area contributed by atoms with Gasteiger partial charge in [0, 0.05) is 19.7 Å². The lowest BCUT2D eigenvalue weighted by Crippen LogP contribution is -2.57. The van der Waals surface area contributed by atoms with Gasteiger partial charge in [-0.2, -0.15) is 0 Å². The first kappa shape index (κ1) is 11.4. The molecule has 4 unspecified atom stereocenters. The highest BCUT2D eigenvalue weighted by Gasteiger charge is 2.46. The van der Waals surface area contributed by atoms with E-state index in [0.29, 0.717) is 6.54 Å². The minimum Gasteiger partial charge on any atom is -0.376 e. The second kappa shape index (κ2) is 4.04. The second-order valence-corrected chi connectivity index (χ2v) is 5.42. The molecule has 1 saturated carbocycles. The van der Waals surface area contributed by atoms with Crippen molar-refractivity contribution in [2.45, 2.75) is 38.3 Å². The molecule has 4 atom stereocenters. The summed E-state index contributed by atoms with van der Waals surface area (Å²) in [6.45, 7) is 7.26. The summed E-state index contributed by atoms with van der Waals surface area (Å²) in [6, 6.07) is 0. The molecule has 0 aromatic heterocycles. The predicted octanol–water partition coefficient (Wildman–Crippen LogP) is 1.08. The number of hydrogen-bond acceptors (Lipinski definition) is 3. The highest BCUT2D eigenvalue weighted by molar-refractivity contribution is 5.01. The quantitative estimate of drug-likeness (QED) is 0.758. The average Bonchev–Trinajstić information content (AvgIpc) is 2.76. The van der Waals surface area contributed by atoms with E-state index in [1.54, 1.807) is 0 Å². The number of likely N-dealkylation sites (N-methyl/N-ethyl adjacent to an activating group) is 1. The molecule has 2 fully saturated rings. The van der Waals surface area contributed by atoms with Crippen LogP contribution in [-0.4, -0.2) is 43.3 Å². The van der Waals surface area contributed by atoms with Crippen molar-refractivity contribution < 1.29 is 4.74 Å². The van der Waals surface area contributed by atoms with Gasteiger partial charge in [-0.1, -0.05) is 6.92 Å². The van der Waals surface area contributed by atoms with Gasteiger partial charge >= 0.3 is 0 Å². The summed E-state index contributed by atoms with van der Waals surface area (Å²) in [7, 11) is 2.21. The molecule has 1 heterocycles. The lowest BCUT2D eigenvalue weighted by atomic mass is 9.90. The fraction of sp³-hybridized carbons (Fsp3) is 1.00. The van der Waals surface area contributed by atoms with Gasteiger partial charge in [0.15, 0.2) is 0 Å². The first-order valence-electron chi connectivity index (χ1n) is 6.13. The molecule has 1 saturated heterocycles. The fourth-order valence-electron chi connectivity index (χ4n) is 2.88. The molecular weight excluding hydrogens is 188 g/mol. The van der Waals surface area contributed by atoms with E-state index in [9.17, 15) is 0 Å². The third-order valence-corrected chi connectivity index (χ3v) is 4.56. The summed E-state index contributed by atoms with van der Waals surface area (Å²) in [5.41, 5.74) is 6.07. The van der Waals surface area contributed by atoms with E-state index in [0.717, 1.165) is 24.9 Å². The van der Waals surface area contributed by atoms with Crippen LogP contribution in [0.1, 0.15) is 26.7 Å². The van der Waals surface area contributed by atoms with E-state index in [4.69, 9.17) is 10.5 Å². The Morgan fingerprint density at radius 1 is 1.47 bits per heavy atom. The smallest absolute Gasteiger partial charge is 0.0743 e. The Labute approximate surface area is 93.0 Å². The lowest BCUT2D eigenvalue weighted by Gasteiger charge is -2.40. The monoisotopic (exact) mass is 212 g/mol. The molecular formula is C12H24N2O. The van der Waals surface area contributed by atoms with Crippen LogP contribution in [0.15, 0.2) is 0 Å². The van der Waals surface area contributed by atoms with Crippen molar-refractivity contribution in [2.24, 2.45) is 17.6 Å². The average molecular weight is 212 g/mol. The summed E-state index contributed by atoms with van der Waals surface area (Å²) >= 11 is 0. The molecule has 0 aromatic rings. The van der Waals surface area contributed by atoms with Gasteiger partial charge in [-0.15, -0.1) is 0 Å². The molecule has 0 radical (unpaired) electrons. The van der Waals surface area contributed by atoms with Gasteiger partial charge in [0.25, 0.3) is 0 Å². The molecule has 88 valence electrons. The molecule has 0 amide bonds. The molecule has 3 nitrogen and oxygen atoms in total. The van der Waals surface area contributed by atoms with Gasteiger partial charge in [0.1, 0.15) is 0 Å². The van der Waals surface area contributed by atoms with Crippen molar-refractivity contribution in [1.29, 1.82) is 0 Å². The van der Waals surface area contributed by atoms with Crippen LogP contribution in [0.5, 0.6) is 0 Å². The number of hydrogen-bond donors (Lipinski definition) is 1. The highest BCUT2D eigenvalue weighted by atomic mass is 16.5. The van der Waals surface area contributed by atoms with E-state index < -0.39 is 0 Å². The van der Waals surface area contributed by atoms with E-state index in [-0.39, 0.29) is 11.6 Å². The maximum atomic E-state index is 5.97. The second-order valence-electron chi connectivity index (χ2n) is 5.42. The Balaban J connectivity index is 1.98. The number of nitrogens with zero attached hydrogens (tertiary/aromatic N) is 1. The molecule has 2 N–H and O–H groups in total. The van der Waals surface area contributed by atoms with Crippen molar-refractivity contribution in [1.82, 2.24) is 4.90 Å². The van der Waals surface area contributed by atoms with Gasteiger partial charge in [-0.3, -0.25) is 4.90 Å². The molecule has 1 aliphatic carbocycles. The molecule has 15 heavy (non-hydrogen) atoms. The van der Waals surface area contributed by atoms with Crippen LogP contribution in [0, 0.1) is 11.8 Å². The SMILES string of the molecule is CC1CC1CN(C)C1(CN)CCOC1C. The first-order valence-corrected chi connectivity index (χ1v) is 6.13. The van der Waals surface area contributed by atoms with Crippen molar-refractivity contribution in [2.75, 3.05) is 26.7 Å². The highest BCUT2D eigenvalue weighted by Crippen LogP contribution is 2.40. The lowest BCUT2D eigenvalue weighted by molar-refractivity contribution is 0.0257. The summed E-state index contributed by atoms with van der Waals surface area (Å²) in [5, 5.41) is 0. The van der Waals surface area contributed by atoms with Gasteiger partial charge in [-0.05, 0) is 38.6 Å². The van der Waals surface area contributed by atoms with Gasteiger partial charge < -0.3 is 10.5 Å². The largest absolute Gasteiger partial charge is 0.376 e. The van der Waals surface area contributed by atoms with Crippen LogP contribution in [0.2, 0.25) is 0 Å². The van der Waals surface area contributed by atoms with Crippen LogP contribution in [0.4, 0.5) is 0 Å². The van der Waals surface area contributed by atoms with Crippen LogP contribution >= 0.6 is 0 Å². The van der Waals surface area contributed by atoms with E-state index >= 15 is 0 Å². The van der Waals surface area contributed by atoms with Crippen molar-refractivity contribution in [3.8, 4) is 0 Å². The van der Waals surface area contributed by atoms with E-state index in [2.05, 4.69) is 25.8 Å². The number of rotatable bonds is 4. The van der Waals surface area contributed by atoms with Gasteiger partial charge in [0.05, 0.1) is 11.6 Å². The summed E-state index contributed by atoms with van der Waals surface area (Å²) in [6.07, 6.45) is 2.75. The van der Waals surface area contributed by atoms with E-state index in [1.165, 1.54) is 13.0 Å². The maximum Gasteiger partial charge on any atom is 0.0743 e. The summed E-state index contributed by atoms with van der Waals surface area (Å²) < 4.78 is 5.69. The van der Waals surface area contributed by atoms with Crippen LogP contribution in [0.3, 0.4) is 0 Å². The molecule has 3 heteroatoms. The van der Waals surface area contributed by atoms with Gasteiger partial charge in [0.2, 0.25) is 0 Å². The minimum absolute atomic E-state index is 0.0995. The zero-order chi connectivity index (χ0) is 11.1. The van der Waals surface area contributed by atoms with Crippen LogP contribution in [-0.2, 0) is 4.74 Å². The Morgan fingerprint density at radius 3 is 2.53 bits per heavy atom. The maximum absolute atomic E-state index is 5.97. The number of ether oxygens (including phenoxy) is 1. The molecule has 0 spiro atoms. The first-order chi connectivity index (χ1) is 7.10. The van der Waals surface area contributed by atoms with Crippen molar-refractivity contribution in [3.05, 3.63) is 0 Å². The molecule has 0 bridgehead atoms. The zero-order valence-corrected chi connectivity index (χ0v) is 10.2. The Hall–Kier alpha value is -0.120. The zero-order valence-electron chi connectivity index (χ0n) is 10.2. The Morgan fingerprint density at radius 2 is 2.13 bits per heavy atom. The molecule has 1 aliphatic heterocycles. The Bertz CT molecular complexity index is 234. The van der Waals surface area contributed by atoms with Crippen molar-refractivity contribution in [3.63, 3.8) is 0 Å². The fourth-order valence-corrected chi connectivity index (χ4v) is 2.88. The van der Waals surface area contributed by atoms with Gasteiger partial charge in [-0.25, -0.2) is 0 Å². The predicted molar refractivity (Wildman–Crippen MR) is 61.7 cm³/mol. The molecule has 2 rings (SSSR count). The number of nitrogens with two attached hydrogens (primary N) is 1. The standard InChI is InChI=1S/C12H24N2O/c1-9-6-11(9)7-14(3)12(8-13)4-5-15-10(12)2/h9-11H,4-8,13H2,1-3H3. The normalized spacial score (nSPS) is 45.0. The van der Waals surface area contributed by atoms with E-state index in [1.807, 2.05) is 0 Å². The third kappa shape index (κ3) is 1.93. The topological polar surface area (TPSA) is 38.5 Å². The van der Waals surface area contributed by atoms with Crippen LogP contribution in [0.25, 0.3) is 0 Å².